The molecule has 1 rings (SSSR count). The molecule has 0 saturated carbocycles. The van der Waals surface area contributed by atoms with Crippen LogP contribution < -0.4 is 0 Å². The zero-order valence-corrected chi connectivity index (χ0v) is 10.4. The first-order valence-corrected chi connectivity index (χ1v) is 6.21. The number of unbranched alkanes of at least 4 members (excludes halogenated alkanes) is 4. The number of alkyl halides is 1. The van der Waals surface area contributed by atoms with Gasteiger partial charge in [-0.05, 0) is 13.3 Å². The Morgan fingerprint density at radius 3 is 2.67 bits per heavy atom. The maximum absolute atomic E-state index is 5.90. The molecule has 0 radical (unpaired) electrons. The second-order valence-electron chi connectivity index (χ2n) is 3.94. The van der Waals surface area contributed by atoms with Gasteiger partial charge >= 0.3 is 0 Å². The van der Waals surface area contributed by atoms with Gasteiger partial charge in [0.05, 0.1) is 5.38 Å². The van der Waals surface area contributed by atoms with Crippen molar-refractivity contribution in [3.05, 3.63) is 11.9 Å². The van der Waals surface area contributed by atoms with E-state index in [1.807, 2.05) is 17.8 Å². The minimum Gasteiger partial charge on any atom is -0.252 e. The number of hydrogen-bond acceptors (Lipinski definition) is 2. The first kappa shape index (κ1) is 12.5. The molecule has 1 unspecified atom stereocenters. The maximum Gasteiger partial charge on any atom is 0.100 e. The monoisotopic (exact) mass is 229 g/mol. The summed E-state index contributed by atoms with van der Waals surface area (Å²) in [6.07, 6.45) is 8.35. The highest BCUT2D eigenvalue weighted by Gasteiger charge is 2.05. The summed E-state index contributed by atoms with van der Waals surface area (Å²) in [5.41, 5.74) is 0.866. The molecule has 0 amide bonds. The number of hydrogen-bond donors (Lipinski definition) is 0. The lowest BCUT2D eigenvalue weighted by Crippen LogP contribution is -1.98. The molecule has 86 valence electrons. The lowest BCUT2D eigenvalue weighted by Gasteiger charge is -2.00. The number of halogens is 1. The van der Waals surface area contributed by atoms with Crippen LogP contribution in [0.2, 0.25) is 0 Å². The molecule has 1 aromatic heterocycles. The van der Waals surface area contributed by atoms with Crippen LogP contribution in [0.15, 0.2) is 6.20 Å². The summed E-state index contributed by atoms with van der Waals surface area (Å²) in [5, 5.41) is 8.01. The number of rotatable bonds is 7. The summed E-state index contributed by atoms with van der Waals surface area (Å²) in [6.45, 7) is 5.10. The molecule has 0 spiro atoms. The van der Waals surface area contributed by atoms with Gasteiger partial charge in [-0.25, -0.2) is 0 Å². The molecule has 4 heteroatoms. The third-order valence-electron chi connectivity index (χ3n) is 2.45. The topological polar surface area (TPSA) is 30.7 Å². The Morgan fingerprint density at radius 2 is 2.07 bits per heavy atom. The molecule has 0 fully saturated rings. The molecule has 0 N–H and O–H groups in total. The van der Waals surface area contributed by atoms with E-state index in [9.17, 15) is 0 Å². The van der Waals surface area contributed by atoms with Gasteiger partial charge in [0.1, 0.15) is 5.69 Å². The number of nitrogens with zero attached hydrogens (tertiary/aromatic N) is 3. The van der Waals surface area contributed by atoms with Gasteiger partial charge in [0.2, 0.25) is 0 Å². The van der Waals surface area contributed by atoms with Crippen LogP contribution in [0.3, 0.4) is 0 Å². The summed E-state index contributed by atoms with van der Waals surface area (Å²) >= 11 is 5.90. The molecule has 0 aliphatic carbocycles. The van der Waals surface area contributed by atoms with Gasteiger partial charge in [-0.2, -0.15) is 0 Å². The number of aryl methyl sites for hydroxylation is 1. The Bertz CT molecular complexity index is 271. The van der Waals surface area contributed by atoms with E-state index >= 15 is 0 Å². The molecule has 1 heterocycles. The third kappa shape index (κ3) is 4.65. The molecule has 0 aliphatic heterocycles. The van der Waals surface area contributed by atoms with Crippen molar-refractivity contribution in [2.24, 2.45) is 0 Å². The van der Waals surface area contributed by atoms with E-state index in [2.05, 4.69) is 17.2 Å². The predicted molar refractivity (Wildman–Crippen MR) is 63.0 cm³/mol. The van der Waals surface area contributed by atoms with Crippen LogP contribution in [0.5, 0.6) is 0 Å². The minimum absolute atomic E-state index is 0.0427. The molecule has 0 bridgehead atoms. The highest BCUT2D eigenvalue weighted by atomic mass is 35.5. The predicted octanol–water partition coefficient (Wildman–Crippen LogP) is 3.55. The van der Waals surface area contributed by atoms with E-state index in [1.54, 1.807) is 0 Å². The van der Waals surface area contributed by atoms with Crippen molar-refractivity contribution in [1.29, 1.82) is 0 Å². The molecular weight excluding hydrogens is 210 g/mol. The van der Waals surface area contributed by atoms with Gasteiger partial charge in [-0.15, -0.1) is 16.7 Å². The number of aromatic nitrogens is 3. The summed E-state index contributed by atoms with van der Waals surface area (Å²) in [5.74, 6) is 0. The molecule has 3 nitrogen and oxygen atoms in total. The average molecular weight is 230 g/mol. The molecule has 1 atom stereocenters. The van der Waals surface area contributed by atoms with Crippen LogP contribution in [0.1, 0.15) is 57.0 Å². The van der Waals surface area contributed by atoms with E-state index in [0.717, 1.165) is 12.2 Å². The van der Waals surface area contributed by atoms with Gasteiger partial charge in [-0.1, -0.05) is 37.8 Å². The molecule has 0 saturated heterocycles. The van der Waals surface area contributed by atoms with E-state index in [1.165, 1.54) is 32.1 Å². The van der Waals surface area contributed by atoms with Gasteiger partial charge in [-0.3, -0.25) is 4.68 Å². The normalized spacial score (nSPS) is 13.0. The molecule has 0 aromatic carbocycles. The highest BCUT2D eigenvalue weighted by Crippen LogP contribution is 2.15. The van der Waals surface area contributed by atoms with Gasteiger partial charge in [0.15, 0.2) is 0 Å². The summed E-state index contributed by atoms with van der Waals surface area (Å²) in [4.78, 5) is 0. The Kier molecular flexibility index (Phi) is 5.69. The molecule has 1 aromatic rings. The minimum atomic E-state index is -0.0427. The van der Waals surface area contributed by atoms with Gasteiger partial charge in [0.25, 0.3) is 0 Å². The molecule has 15 heavy (non-hydrogen) atoms. The Labute approximate surface area is 96.8 Å². The second kappa shape index (κ2) is 6.83. The van der Waals surface area contributed by atoms with Crippen molar-refractivity contribution in [2.75, 3.05) is 0 Å². The summed E-state index contributed by atoms with van der Waals surface area (Å²) in [6, 6.07) is 0. The fraction of sp³-hybridized carbons (Fsp3) is 0.818. The lowest BCUT2D eigenvalue weighted by molar-refractivity contribution is 0.521. The summed E-state index contributed by atoms with van der Waals surface area (Å²) < 4.78 is 1.89. The Hall–Kier alpha value is -0.570. The smallest absolute Gasteiger partial charge is 0.100 e. The Balaban J connectivity index is 2.20. The van der Waals surface area contributed by atoms with Crippen molar-refractivity contribution in [1.82, 2.24) is 15.0 Å². The first-order valence-electron chi connectivity index (χ1n) is 5.78. The highest BCUT2D eigenvalue weighted by molar-refractivity contribution is 6.20. The SMILES string of the molecule is CCCCCCCn1cc(C(C)Cl)nn1. The average Bonchev–Trinajstić information content (AvgIpc) is 2.66. The zero-order valence-electron chi connectivity index (χ0n) is 9.62. The van der Waals surface area contributed by atoms with Gasteiger partial charge in [0, 0.05) is 12.7 Å². The van der Waals surface area contributed by atoms with E-state index < -0.39 is 0 Å². The van der Waals surface area contributed by atoms with Crippen molar-refractivity contribution < 1.29 is 0 Å². The van der Waals surface area contributed by atoms with Crippen LogP contribution in [-0.4, -0.2) is 15.0 Å². The first-order chi connectivity index (χ1) is 7.24. The maximum atomic E-state index is 5.90. The van der Waals surface area contributed by atoms with Crippen LogP contribution in [0, 0.1) is 0 Å². The zero-order chi connectivity index (χ0) is 11.1. The fourth-order valence-corrected chi connectivity index (χ4v) is 1.58. The third-order valence-corrected chi connectivity index (χ3v) is 2.68. The molecular formula is C11H20ClN3. The molecule has 0 aliphatic rings. The Morgan fingerprint density at radius 1 is 1.33 bits per heavy atom. The van der Waals surface area contributed by atoms with Crippen LogP contribution in [-0.2, 0) is 6.54 Å². The standard InChI is InChI=1S/C11H20ClN3/c1-3-4-5-6-7-8-15-9-11(10(2)12)13-14-15/h9-10H,3-8H2,1-2H3. The van der Waals surface area contributed by atoms with Crippen molar-refractivity contribution in [2.45, 2.75) is 57.9 Å². The largest absolute Gasteiger partial charge is 0.252 e. The van der Waals surface area contributed by atoms with E-state index in [4.69, 9.17) is 11.6 Å². The van der Waals surface area contributed by atoms with Crippen LogP contribution in [0.4, 0.5) is 0 Å². The van der Waals surface area contributed by atoms with E-state index in [-0.39, 0.29) is 5.38 Å². The van der Waals surface area contributed by atoms with E-state index in [0.29, 0.717) is 0 Å². The van der Waals surface area contributed by atoms with Gasteiger partial charge < -0.3 is 0 Å². The van der Waals surface area contributed by atoms with Crippen LogP contribution in [0.25, 0.3) is 0 Å². The van der Waals surface area contributed by atoms with Crippen molar-refractivity contribution >= 4 is 11.6 Å². The van der Waals surface area contributed by atoms with Crippen molar-refractivity contribution in [3.63, 3.8) is 0 Å². The quantitative estimate of drug-likeness (QED) is 0.529. The van der Waals surface area contributed by atoms with Crippen molar-refractivity contribution in [3.8, 4) is 0 Å². The summed E-state index contributed by atoms with van der Waals surface area (Å²) in [7, 11) is 0. The van der Waals surface area contributed by atoms with Crippen LogP contribution >= 0.6 is 11.6 Å². The second-order valence-corrected chi connectivity index (χ2v) is 4.59. The lowest BCUT2D eigenvalue weighted by atomic mass is 10.1. The fourth-order valence-electron chi connectivity index (χ4n) is 1.48.